The number of hydrogen-bond acceptors (Lipinski definition) is 5. The number of ether oxygens (including phenoxy) is 2. The average molecular weight is 546 g/mol. The number of carboxylic acid groups (broad SMARTS) is 1. The lowest BCUT2D eigenvalue weighted by atomic mass is 10.0. The number of hydrogen-bond donors (Lipinski definition) is 3. The number of nitrogens with one attached hydrogen (secondary N) is 2. The monoisotopic (exact) mass is 544 g/mol. The summed E-state index contributed by atoms with van der Waals surface area (Å²) in [5, 5.41) is 18.2. The molecule has 0 aromatic heterocycles. The van der Waals surface area contributed by atoms with Gasteiger partial charge in [0, 0.05) is 21.2 Å². The first-order chi connectivity index (χ1) is 17.3. The summed E-state index contributed by atoms with van der Waals surface area (Å²) in [6.07, 6.45) is 6.30. The van der Waals surface area contributed by atoms with Crippen LogP contribution in [-0.4, -0.2) is 24.0 Å². The Labute approximate surface area is 224 Å². The zero-order valence-corrected chi connectivity index (χ0v) is 21.5. The third kappa shape index (κ3) is 5.57. The maximum atomic E-state index is 12.2. The second kappa shape index (κ2) is 11.2. The van der Waals surface area contributed by atoms with Crippen molar-refractivity contribution in [2.75, 3.05) is 6.79 Å². The molecule has 6 nitrogen and oxygen atoms in total. The fourth-order valence-corrected chi connectivity index (χ4v) is 4.33. The van der Waals surface area contributed by atoms with Gasteiger partial charge in [-0.1, -0.05) is 60.5 Å². The Morgan fingerprint density at radius 2 is 1.89 bits per heavy atom. The van der Waals surface area contributed by atoms with Crippen molar-refractivity contribution in [2.45, 2.75) is 19.5 Å². The van der Waals surface area contributed by atoms with Gasteiger partial charge in [0.25, 0.3) is 0 Å². The van der Waals surface area contributed by atoms with Gasteiger partial charge in [-0.2, -0.15) is 0 Å². The maximum absolute atomic E-state index is 12.2. The van der Waals surface area contributed by atoms with Crippen LogP contribution in [0.4, 0.5) is 0 Å². The number of fused-ring (bicyclic) bond motifs is 1. The van der Waals surface area contributed by atoms with E-state index in [9.17, 15) is 9.90 Å². The van der Waals surface area contributed by atoms with Gasteiger partial charge in [0.1, 0.15) is 6.17 Å². The van der Waals surface area contributed by atoms with E-state index < -0.39 is 12.1 Å². The van der Waals surface area contributed by atoms with Crippen molar-refractivity contribution in [2.24, 2.45) is 0 Å². The van der Waals surface area contributed by atoms with Crippen LogP contribution in [0, 0.1) is 0 Å². The van der Waals surface area contributed by atoms with Gasteiger partial charge in [0.2, 0.25) is 6.79 Å². The predicted octanol–water partition coefficient (Wildman–Crippen LogP) is 6.72. The van der Waals surface area contributed by atoms with Crippen LogP contribution in [0.25, 0.3) is 11.4 Å². The molecule has 0 saturated carbocycles. The number of carboxylic acids is 1. The summed E-state index contributed by atoms with van der Waals surface area (Å²) in [7, 11) is 0. The largest absolute Gasteiger partial charge is 0.478 e. The van der Waals surface area contributed by atoms with Crippen molar-refractivity contribution in [1.82, 2.24) is 10.6 Å². The highest BCUT2D eigenvalue weighted by atomic mass is 35.5. The SMILES string of the molecule is C=C/C=C(\C=C(\Cl)CC)C(=C/C1NC(c2ccc3c(c2)OCO3)=C(c2cc(Cl)ccc2Cl)N1)/C(=O)O. The fraction of sp³-hybridized carbons (Fsp3) is 0.148. The molecule has 3 N–H and O–H groups in total. The Morgan fingerprint density at radius 3 is 2.61 bits per heavy atom. The molecule has 0 fully saturated rings. The summed E-state index contributed by atoms with van der Waals surface area (Å²) < 4.78 is 11.0. The summed E-state index contributed by atoms with van der Waals surface area (Å²) in [6, 6.07) is 10.7. The van der Waals surface area contributed by atoms with Gasteiger partial charge in [-0.3, -0.25) is 0 Å². The number of allylic oxidation sites excluding steroid dienone is 4. The van der Waals surface area contributed by atoms with Gasteiger partial charge in [-0.15, -0.1) is 0 Å². The first-order valence-electron chi connectivity index (χ1n) is 11.1. The molecule has 0 bridgehead atoms. The van der Waals surface area contributed by atoms with E-state index in [1.54, 1.807) is 36.4 Å². The summed E-state index contributed by atoms with van der Waals surface area (Å²) in [5.74, 6) is 0.151. The van der Waals surface area contributed by atoms with Crippen molar-refractivity contribution < 1.29 is 19.4 Å². The van der Waals surface area contributed by atoms with E-state index in [4.69, 9.17) is 44.3 Å². The first-order valence-corrected chi connectivity index (χ1v) is 12.2. The Hall–Kier alpha value is -3.32. The molecule has 0 saturated heterocycles. The second-order valence-corrected chi connectivity index (χ2v) is 9.23. The van der Waals surface area contributed by atoms with Crippen molar-refractivity contribution in [3.8, 4) is 11.5 Å². The first kappa shape index (κ1) is 25.8. The molecule has 2 aliphatic rings. The van der Waals surface area contributed by atoms with Gasteiger partial charge >= 0.3 is 5.97 Å². The topological polar surface area (TPSA) is 79.8 Å². The molecule has 9 heteroatoms. The zero-order chi connectivity index (χ0) is 25.8. The van der Waals surface area contributed by atoms with E-state index in [1.807, 2.05) is 25.1 Å². The number of carbonyl (C=O) groups is 1. The van der Waals surface area contributed by atoms with Crippen LogP contribution in [-0.2, 0) is 4.79 Å². The molecule has 2 aromatic rings. The third-order valence-electron chi connectivity index (χ3n) is 5.53. The summed E-state index contributed by atoms with van der Waals surface area (Å²) in [4.78, 5) is 12.2. The third-order valence-corrected chi connectivity index (χ3v) is 6.47. The van der Waals surface area contributed by atoms with Crippen LogP contribution >= 0.6 is 34.8 Å². The molecule has 0 radical (unpaired) electrons. The molecule has 1 atom stereocenters. The van der Waals surface area contributed by atoms with E-state index in [-0.39, 0.29) is 12.4 Å². The molecule has 2 aromatic carbocycles. The van der Waals surface area contributed by atoms with Gasteiger partial charge in [0.05, 0.1) is 22.0 Å². The molecule has 0 spiro atoms. The minimum Gasteiger partial charge on any atom is -0.478 e. The van der Waals surface area contributed by atoms with Crippen molar-refractivity contribution >= 4 is 52.2 Å². The van der Waals surface area contributed by atoms with E-state index in [0.717, 1.165) is 5.56 Å². The average Bonchev–Trinajstić information content (AvgIpc) is 3.50. The van der Waals surface area contributed by atoms with Gasteiger partial charge in [-0.05, 0) is 60.5 Å². The van der Waals surface area contributed by atoms with Gasteiger partial charge in [-0.25, -0.2) is 4.79 Å². The summed E-state index contributed by atoms with van der Waals surface area (Å²) in [6.45, 7) is 5.73. The lowest BCUT2D eigenvalue weighted by Gasteiger charge is -2.13. The number of rotatable bonds is 8. The summed E-state index contributed by atoms with van der Waals surface area (Å²) in [5.41, 5.74) is 3.28. The maximum Gasteiger partial charge on any atom is 0.336 e. The molecule has 2 aliphatic heterocycles. The molecule has 2 heterocycles. The summed E-state index contributed by atoms with van der Waals surface area (Å²) >= 11 is 19.0. The highest BCUT2D eigenvalue weighted by molar-refractivity contribution is 6.34. The smallest absolute Gasteiger partial charge is 0.336 e. The minimum atomic E-state index is -1.11. The number of benzene rings is 2. The van der Waals surface area contributed by atoms with Crippen LogP contribution in [0.2, 0.25) is 10.0 Å². The van der Waals surface area contributed by atoms with Crippen LogP contribution in [0.5, 0.6) is 11.5 Å². The molecule has 186 valence electrons. The molecule has 36 heavy (non-hydrogen) atoms. The fourth-order valence-electron chi connectivity index (χ4n) is 3.83. The second-order valence-electron chi connectivity index (χ2n) is 7.90. The van der Waals surface area contributed by atoms with E-state index in [2.05, 4.69) is 17.2 Å². The van der Waals surface area contributed by atoms with Crippen LogP contribution in [0.15, 0.2) is 83.5 Å². The molecular weight excluding hydrogens is 523 g/mol. The standard InChI is InChI=1S/C27H23Cl3N2O4/c1-3-5-15(10-17(28)4-2)19(27(33)34)13-24-31-25(16-6-9-22-23(11-16)36-14-35-22)26(32-24)20-12-18(29)7-8-21(20)30/h3,5-13,24,31-32H,1,4,14H2,2H3,(H,33,34)/b15-5+,17-10+,19-13-. The van der Waals surface area contributed by atoms with Crippen LogP contribution in [0.3, 0.4) is 0 Å². The number of halogens is 3. The molecular formula is C27H23Cl3N2O4. The predicted molar refractivity (Wildman–Crippen MR) is 144 cm³/mol. The molecule has 4 rings (SSSR count). The zero-order valence-electron chi connectivity index (χ0n) is 19.3. The van der Waals surface area contributed by atoms with Crippen molar-refractivity contribution in [3.05, 3.63) is 105 Å². The Morgan fingerprint density at radius 1 is 1.14 bits per heavy atom. The van der Waals surface area contributed by atoms with Crippen LogP contribution in [0.1, 0.15) is 24.5 Å². The van der Waals surface area contributed by atoms with E-state index >= 15 is 0 Å². The minimum absolute atomic E-state index is 0.0509. The van der Waals surface area contributed by atoms with Crippen LogP contribution < -0.4 is 20.1 Å². The molecule has 0 aliphatic carbocycles. The van der Waals surface area contributed by atoms with E-state index in [1.165, 1.54) is 6.08 Å². The normalized spacial score (nSPS) is 17.7. The Bertz CT molecular complexity index is 1340. The lowest BCUT2D eigenvalue weighted by molar-refractivity contribution is -0.132. The lowest BCUT2D eigenvalue weighted by Crippen LogP contribution is -2.31. The van der Waals surface area contributed by atoms with Gasteiger partial charge in [0.15, 0.2) is 11.5 Å². The van der Waals surface area contributed by atoms with E-state index in [0.29, 0.717) is 55.5 Å². The van der Waals surface area contributed by atoms with Gasteiger partial charge < -0.3 is 25.2 Å². The highest BCUT2D eigenvalue weighted by Crippen LogP contribution is 2.38. The highest BCUT2D eigenvalue weighted by Gasteiger charge is 2.28. The number of aliphatic carboxylic acids is 1. The Balaban J connectivity index is 1.79. The van der Waals surface area contributed by atoms with Crippen molar-refractivity contribution in [3.63, 3.8) is 0 Å². The Kier molecular flexibility index (Phi) is 7.99. The molecule has 0 amide bonds. The quantitative estimate of drug-likeness (QED) is 0.252. The van der Waals surface area contributed by atoms with Crippen molar-refractivity contribution in [1.29, 1.82) is 0 Å². The molecule has 1 unspecified atom stereocenters.